The van der Waals surface area contributed by atoms with Crippen molar-refractivity contribution >= 4 is 19.9 Å². The molecule has 1 saturated heterocycles. The van der Waals surface area contributed by atoms with Crippen LogP contribution in [-0.4, -0.2) is 48.4 Å². The fraction of sp³-hybridized carbons (Fsp3) is 0.565. The summed E-state index contributed by atoms with van der Waals surface area (Å²) in [4.78, 5) is 18.9. The number of carboxylic acids is 1. The Morgan fingerprint density at radius 1 is 1.27 bits per heavy atom. The smallest absolute Gasteiger partial charge is 0.352 e. The van der Waals surface area contributed by atoms with Gasteiger partial charge in [-0.15, -0.1) is 0 Å². The van der Waals surface area contributed by atoms with Gasteiger partial charge in [0, 0.05) is 46.1 Å². The number of piperidine rings is 1. The second kappa shape index (κ2) is 8.19. The van der Waals surface area contributed by atoms with Crippen molar-refractivity contribution in [3.05, 3.63) is 46.9 Å². The maximum Gasteiger partial charge on any atom is 0.352 e. The number of pyridine rings is 1. The summed E-state index contributed by atoms with van der Waals surface area (Å²) in [6.45, 7) is 12.2. The minimum absolute atomic E-state index is 0.275. The van der Waals surface area contributed by atoms with Crippen LogP contribution in [0.5, 0.6) is 0 Å². The lowest BCUT2D eigenvalue weighted by atomic mass is 10.1. The highest BCUT2D eigenvalue weighted by atomic mass is 28.3. The minimum atomic E-state index is -1.16. The van der Waals surface area contributed by atoms with Crippen LogP contribution in [-0.2, 0) is 17.9 Å². The van der Waals surface area contributed by atoms with Gasteiger partial charge in [-0.05, 0) is 54.5 Å². The predicted octanol–water partition coefficient (Wildman–Crippen LogP) is 4.25. The van der Waals surface area contributed by atoms with Crippen LogP contribution < -0.4 is 4.90 Å². The van der Waals surface area contributed by atoms with Crippen LogP contribution in [0, 0.1) is 18.8 Å². The molecule has 1 aliphatic carbocycles. The number of rotatable bonds is 9. The van der Waals surface area contributed by atoms with E-state index >= 15 is 0 Å². The number of aromatic carboxylic acids is 1. The Balaban J connectivity index is 1.41. The van der Waals surface area contributed by atoms with Crippen LogP contribution >= 0.6 is 0 Å². The van der Waals surface area contributed by atoms with Crippen molar-refractivity contribution in [2.24, 2.45) is 11.8 Å². The van der Waals surface area contributed by atoms with Crippen molar-refractivity contribution in [3.8, 4) is 0 Å². The van der Waals surface area contributed by atoms with Gasteiger partial charge < -0.3 is 19.3 Å². The Bertz CT molecular complexity index is 924. The first-order valence-corrected chi connectivity index (χ1v) is 14.6. The number of carboxylic acid groups (broad SMARTS) is 1. The van der Waals surface area contributed by atoms with Crippen molar-refractivity contribution in [1.29, 1.82) is 0 Å². The lowest BCUT2D eigenvalue weighted by molar-refractivity contribution is 0.0623. The third kappa shape index (κ3) is 4.95. The highest BCUT2D eigenvalue weighted by molar-refractivity contribution is 6.76. The Kier molecular flexibility index (Phi) is 5.77. The zero-order valence-electron chi connectivity index (χ0n) is 18.5. The van der Waals surface area contributed by atoms with Gasteiger partial charge in [0.2, 0.25) is 0 Å². The molecule has 3 heterocycles. The molecule has 0 aromatic carbocycles. The predicted molar refractivity (Wildman–Crippen MR) is 121 cm³/mol. The number of anilines is 1. The van der Waals surface area contributed by atoms with Gasteiger partial charge >= 0.3 is 5.97 Å². The van der Waals surface area contributed by atoms with Gasteiger partial charge in [-0.3, -0.25) is 0 Å². The fourth-order valence-electron chi connectivity index (χ4n) is 4.24. The zero-order chi connectivity index (χ0) is 21.5. The maximum absolute atomic E-state index is 11.7. The molecule has 7 heteroatoms. The molecule has 2 aromatic heterocycles. The van der Waals surface area contributed by atoms with E-state index in [2.05, 4.69) is 36.7 Å². The molecule has 0 amide bonds. The van der Waals surface area contributed by atoms with Gasteiger partial charge in [-0.2, -0.15) is 0 Å². The molecular formula is C23H33N3O3Si. The van der Waals surface area contributed by atoms with Gasteiger partial charge in [0.05, 0.1) is 0 Å². The van der Waals surface area contributed by atoms with Crippen LogP contribution in [0.3, 0.4) is 0 Å². The lowest BCUT2D eigenvalue weighted by Crippen LogP contribution is -2.23. The van der Waals surface area contributed by atoms with E-state index in [0.29, 0.717) is 13.0 Å². The highest BCUT2D eigenvalue weighted by Crippen LogP contribution is 2.46. The number of aromatic nitrogens is 2. The van der Waals surface area contributed by atoms with E-state index in [1.165, 1.54) is 6.42 Å². The van der Waals surface area contributed by atoms with Crippen molar-refractivity contribution in [2.45, 2.75) is 52.2 Å². The number of ether oxygens (including phenoxy) is 1. The summed E-state index contributed by atoms with van der Waals surface area (Å²) in [6, 6.07) is 7.08. The number of carbonyl (C=O) groups is 1. The third-order valence-electron chi connectivity index (χ3n) is 6.28. The Morgan fingerprint density at radius 3 is 2.63 bits per heavy atom. The molecule has 2 unspecified atom stereocenters. The first-order valence-electron chi connectivity index (χ1n) is 10.9. The normalized spacial score (nSPS) is 20.5. The van der Waals surface area contributed by atoms with Crippen molar-refractivity contribution in [2.75, 3.05) is 24.6 Å². The monoisotopic (exact) mass is 427 g/mol. The summed E-state index contributed by atoms with van der Waals surface area (Å²) >= 11 is 0. The Labute approximate surface area is 179 Å². The van der Waals surface area contributed by atoms with E-state index in [-0.39, 0.29) is 12.4 Å². The summed E-state index contributed by atoms with van der Waals surface area (Å²) < 4.78 is 7.48. The summed E-state index contributed by atoms with van der Waals surface area (Å²) in [5, 5.41) is 9.58. The molecule has 0 bridgehead atoms. The number of hydrogen-bond donors (Lipinski definition) is 1. The Hall–Kier alpha value is -2.12. The number of nitrogens with zero attached hydrogens (tertiary/aromatic N) is 3. The van der Waals surface area contributed by atoms with E-state index in [1.807, 2.05) is 13.1 Å². The quantitative estimate of drug-likeness (QED) is 0.479. The van der Waals surface area contributed by atoms with Crippen molar-refractivity contribution < 1.29 is 14.6 Å². The molecule has 1 N–H and O–H groups in total. The van der Waals surface area contributed by atoms with Gasteiger partial charge in [0.15, 0.2) is 0 Å². The summed E-state index contributed by atoms with van der Waals surface area (Å²) in [5.41, 5.74) is 3.40. The standard InChI is InChI=1S/C23H33N3O3Si/c1-16-18(5-6-22(24-16)25-13-19-11-20(19)14-25)9-17-10-21(23(27)28)26(12-17)15-29-7-8-30(2,3)4/h5-6,10,12,19-20H,7-9,11,13-15H2,1-4H3,(H,27,28). The molecule has 0 spiro atoms. The van der Waals surface area contributed by atoms with E-state index in [9.17, 15) is 9.90 Å². The molecule has 162 valence electrons. The number of fused-ring (bicyclic) bond motifs is 1. The SMILES string of the molecule is Cc1nc(N2CC3CC3C2)ccc1Cc1cc(C(=O)O)n(COCC[Si](C)(C)C)c1. The van der Waals surface area contributed by atoms with Gasteiger partial charge in [0.25, 0.3) is 0 Å². The molecule has 0 radical (unpaired) electrons. The van der Waals surface area contributed by atoms with Crippen LogP contribution in [0.25, 0.3) is 0 Å². The van der Waals surface area contributed by atoms with Gasteiger partial charge in [-0.1, -0.05) is 25.7 Å². The molecule has 30 heavy (non-hydrogen) atoms. The largest absolute Gasteiger partial charge is 0.477 e. The van der Waals surface area contributed by atoms with E-state index in [0.717, 1.165) is 53.6 Å². The van der Waals surface area contributed by atoms with Crippen LogP contribution in [0.15, 0.2) is 24.4 Å². The third-order valence-corrected chi connectivity index (χ3v) is 7.98. The second-order valence-electron chi connectivity index (χ2n) is 10.1. The maximum atomic E-state index is 11.7. The topological polar surface area (TPSA) is 67.6 Å². The van der Waals surface area contributed by atoms with Crippen LogP contribution in [0.2, 0.25) is 25.7 Å². The lowest BCUT2D eigenvalue weighted by Gasteiger charge is -2.20. The summed E-state index contributed by atoms with van der Waals surface area (Å²) in [5.74, 6) is 1.92. The molecule has 4 rings (SSSR count). The zero-order valence-corrected chi connectivity index (χ0v) is 19.5. The molecule has 6 nitrogen and oxygen atoms in total. The van der Waals surface area contributed by atoms with Gasteiger partial charge in [-0.25, -0.2) is 9.78 Å². The first-order chi connectivity index (χ1) is 14.2. The van der Waals surface area contributed by atoms with Crippen LogP contribution in [0.1, 0.15) is 33.7 Å². The first kappa shape index (κ1) is 21.1. The number of aryl methyl sites for hydroxylation is 1. The van der Waals surface area contributed by atoms with Crippen LogP contribution in [0.4, 0.5) is 5.82 Å². The van der Waals surface area contributed by atoms with E-state index < -0.39 is 14.0 Å². The average molecular weight is 428 g/mol. The molecule has 1 aliphatic heterocycles. The molecular weight excluding hydrogens is 394 g/mol. The van der Waals surface area contributed by atoms with Crippen molar-refractivity contribution in [3.63, 3.8) is 0 Å². The van der Waals surface area contributed by atoms with E-state index in [4.69, 9.17) is 9.72 Å². The van der Waals surface area contributed by atoms with Crippen molar-refractivity contribution in [1.82, 2.24) is 9.55 Å². The summed E-state index contributed by atoms with van der Waals surface area (Å²) in [7, 11) is -1.16. The molecule has 2 aromatic rings. The van der Waals surface area contributed by atoms with Gasteiger partial charge in [0.1, 0.15) is 18.2 Å². The highest BCUT2D eigenvalue weighted by Gasteiger charge is 2.45. The Morgan fingerprint density at radius 2 is 2.00 bits per heavy atom. The second-order valence-corrected chi connectivity index (χ2v) is 15.7. The summed E-state index contributed by atoms with van der Waals surface area (Å²) in [6.07, 6.45) is 3.96. The molecule has 2 fully saturated rings. The molecule has 2 atom stereocenters. The molecule has 1 saturated carbocycles. The fourth-order valence-corrected chi connectivity index (χ4v) is 5.00. The average Bonchev–Trinajstić information content (AvgIpc) is 3.08. The molecule has 2 aliphatic rings. The number of hydrogen-bond acceptors (Lipinski definition) is 4. The van der Waals surface area contributed by atoms with E-state index in [1.54, 1.807) is 10.6 Å². The minimum Gasteiger partial charge on any atom is -0.477 e.